The van der Waals surface area contributed by atoms with Gasteiger partial charge in [0.1, 0.15) is 0 Å². The van der Waals surface area contributed by atoms with Crippen LogP contribution in [0.15, 0.2) is 12.7 Å². The maximum atomic E-state index is 11.4. The molecule has 5 nitrogen and oxygen atoms in total. The topological polar surface area (TPSA) is 59.0 Å². The second-order valence-corrected chi connectivity index (χ2v) is 4.37. The van der Waals surface area contributed by atoms with Crippen LogP contribution < -0.4 is 0 Å². The van der Waals surface area contributed by atoms with Crippen LogP contribution in [-0.4, -0.2) is 61.5 Å². The van der Waals surface area contributed by atoms with Crippen molar-refractivity contribution in [3.05, 3.63) is 12.7 Å². The highest BCUT2D eigenvalue weighted by atomic mass is 16.5. The zero-order valence-electron chi connectivity index (χ0n) is 12.1. The van der Waals surface area contributed by atoms with Crippen molar-refractivity contribution in [2.24, 2.45) is 0 Å². The van der Waals surface area contributed by atoms with E-state index in [4.69, 9.17) is 9.47 Å². The van der Waals surface area contributed by atoms with E-state index in [-0.39, 0.29) is 19.1 Å². The summed E-state index contributed by atoms with van der Waals surface area (Å²) in [6.07, 6.45) is 3.16. The summed E-state index contributed by atoms with van der Waals surface area (Å²) in [5, 5.41) is 9.84. The summed E-state index contributed by atoms with van der Waals surface area (Å²) < 4.78 is 10.2. The third-order valence-electron chi connectivity index (χ3n) is 2.47. The van der Waals surface area contributed by atoms with Crippen molar-refractivity contribution < 1.29 is 19.4 Å². The van der Waals surface area contributed by atoms with Crippen LogP contribution >= 0.6 is 0 Å². The van der Waals surface area contributed by atoms with Gasteiger partial charge >= 0.3 is 5.97 Å². The molecular weight excluding hydrogens is 246 g/mol. The van der Waals surface area contributed by atoms with Crippen molar-refractivity contribution in [3.63, 3.8) is 0 Å². The van der Waals surface area contributed by atoms with E-state index in [0.717, 1.165) is 12.8 Å². The van der Waals surface area contributed by atoms with E-state index in [1.807, 2.05) is 0 Å². The van der Waals surface area contributed by atoms with Crippen molar-refractivity contribution in [2.75, 3.05) is 39.5 Å². The van der Waals surface area contributed by atoms with Gasteiger partial charge < -0.3 is 14.6 Å². The van der Waals surface area contributed by atoms with Crippen molar-refractivity contribution in [3.8, 4) is 0 Å². The van der Waals surface area contributed by atoms with Crippen molar-refractivity contribution >= 4 is 5.97 Å². The number of nitrogens with zero attached hydrogens (tertiary/aromatic N) is 1. The Labute approximate surface area is 116 Å². The van der Waals surface area contributed by atoms with E-state index in [2.05, 4.69) is 13.5 Å². The van der Waals surface area contributed by atoms with E-state index < -0.39 is 6.10 Å². The van der Waals surface area contributed by atoms with Crippen LogP contribution in [0.5, 0.6) is 0 Å². The Morgan fingerprint density at radius 3 is 2.79 bits per heavy atom. The Morgan fingerprint density at radius 2 is 2.21 bits per heavy atom. The van der Waals surface area contributed by atoms with Crippen molar-refractivity contribution in [1.29, 1.82) is 0 Å². The molecule has 0 aliphatic carbocycles. The van der Waals surface area contributed by atoms with Crippen LogP contribution in [0, 0.1) is 0 Å². The fourth-order valence-electron chi connectivity index (χ4n) is 1.59. The molecular formula is C14H27NO4. The second-order valence-electron chi connectivity index (χ2n) is 4.37. The number of rotatable bonds is 12. The highest BCUT2D eigenvalue weighted by molar-refractivity contribution is 5.71. The summed E-state index contributed by atoms with van der Waals surface area (Å²) in [6, 6.07) is 0. The van der Waals surface area contributed by atoms with E-state index in [1.54, 1.807) is 17.9 Å². The molecule has 0 aromatic carbocycles. The predicted molar refractivity (Wildman–Crippen MR) is 75.0 cm³/mol. The fraction of sp³-hybridized carbons (Fsp3) is 0.786. The van der Waals surface area contributed by atoms with Gasteiger partial charge in [-0.15, -0.1) is 6.58 Å². The van der Waals surface area contributed by atoms with Crippen LogP contribution in [0.1, 0.15) is 26.7 Å². The molecule has 0 saturated carbocycles. The molecule has 0 saturated heterocycles. The molecule has 1 N–H and O–H groups in total. The molecule has 0 aliphatic heterocycles. The zero-order valence-corrected chi connectivity index (χ0v) is 12.1. The number of hydrogen-bond acceptors (Lipinski definition) is 5. The molecule has 0 radical (unpaired) electrons. The zero-order chi connectivity index (χ0) is 14.5. The van der Waals surface area contributed by atoms with Crippen LogP contribution in [0.3, 0.4) is 0 Å². The Hall–Kier alpha value is -0.910. The molecule has 0 spiro atoms. The number of ether oxygens (including phenoxy) is 2. The Kier molecular flexibility index (Phi) is 11.6. The first-order valence-electron chi connectivity index (χ1n) is 6.88. The number of aliphatic hydroxyl groups excluding tert-OH is 1. The molecule has 0 bridgehead atoms. The first-order valence-corrected chi connectivity index (χ1v) is 6.88. The number of hydrogen-bond donors (Lipinski definition) is 1. The molecule has 112 valence electrons. The van der Waals surface area contributed by atoms with Crippen molar-refractivity contribution in [1.82, 2.24) is 4.90 Å². The molecule has 19 heavy (non-hydrogen) atoms. The maximum absolute atomic E-state index is 11.4. The molecule has 0 aromatic rings. The smallest absolute Gasteiger partial charge is 0.320 e. The average Bonchev–Trinajstić information content (AvgIpc) is 2.35. The Bertz CT molecular complexity index is 246. The van der Waals surface area contributed by atoms with E-state index in [1.165, 1.54) is 0 Å². The Morgan fingerprint density at radius 1 is 1.47 bits per heavy atom. The molecule has 0 aliphatic rings. The molecule has 1 atom stereocenters. The molecule has 0 amide bonds. The van der Waals surface area contributed by atoms with Gasteiger partial charge in [0.25, 0.3) is 0 Å². The molecule has 5 heteroatoms. The molecule has 0 aromatic heterocycles. The lowest BCUT2D eigenvalue weighted by Gasteiger charge is -2.22. The lowest BCUT2D eigenvalue weighted by atomic mass is 10.3. The number of carbonyl (C=O) groups excluding carboxylic acids is 1. The highest BCUT2D eigenvalue weighted by Crippen LogP contribution is 1.97. The van der Waals surface area contributed by atoms with Crippen molar-refractivity contribution in [2.45, 2.75) is 32.8 Å². The lowest BCUT2D eigenvalue weighted by molar-refractivity contribution is -0.144. The molecule has 0 fully saturated rings. The minimum absolute atomic E-state index is 0.159. The third kappa shape index (κ3) is 10.7. The van der Waals surface area contributed by atoms with Gasteiger partial charge in [-0.2, -0.15) is 0 Å². The Balaban J connectivity index is 3.96. The maximum Gasteiger partial charge on any atom is 0.320 e. The summed E-state index contributed by atoms with van der Waals surface area (Å²) in [4.78, 5) is 13.2. The number of esters is 1. The van der Waals surface area contributed by atoms with Crippen LogP contribution in [0.25, 0.3) is 0 Å². The van der Waals surface area contributed by atoms with E-state index in [9.17, 15) is 9.90 Å². The fourth-order valence-corrected chi connectivity index (χ4v) is 1.59. The summed E-state index contributed by atoms with van der Waals surface area (Å²) in [7, 11) is 0. The predicted octanol–water partition coefficient (Wildman–Crippen LogP) is 1.22. The van der Waals surface area contributed by atoms with Crippen LogP contribution in [0.2, 0.25) is 0 Å². The summed E-state index contributed by atoms with van der Waals surface area (Å²) in [5.41, 5.74) is 0. The first kappa shape index (κ1) is 18.1. The quantitative estimate of drug-likeness (QED) is 0.329. The third-order valence-corrected chi connectivity index (χ3v) is 2.47. The minimum Gasteiger partial charge on any atom is -0.465 e. The summed E-state index contributed by atoms with van der Waals surface area (Å²) in [5.74, 6) is -0.288. The summed E-state index contributed by atoms with van der Waals surface area (Å²) in [6.45, 7) is 9.87. The highest BCUT2D eigenvalue weighted by Gasteiger charge is 2.14. The van der Waals surface area contributed by atoms with E-state index in [0.29, 0.717) is 26.3 Å². The lowest BCUT2D eigenvalue weighted by Crippen LogP contribution is -2.38. The van der Waals surface area contributed by atoms with Gasteiger partial charge in [-0.05, 0) is 13.3 Å². The normalized spacial score (nSPS) is 12.4. The number of unbranched alkanes of at least 4 members (excludes halogenated alkanes) is 1. The average molecular weight is 273 g/mol. The van der Waals surface area contributed by atoms with Gasteiger partial charge in [0.05, 0.1) is 25.9 Å². The van der Waals surface area contributed by atoms with Crippen LogP contribution in [-0.2, 0) is 14.3 Å². The SMILES string of the molecule is C=CCN(CC(=O)OCC)CC(O)COCCCC. The standard InChI is InChI=1S/C14H27NO4/c1-4-7-9-18-12-13(16)10-15(8-5-2)11-14(17)19-6-3/h5,13,16H,2,4,6-12H2,1,3H3. The van der Waals surface area contributed by atoms with Gasteiger partial charge in [0.15, 0.2) is 0 Å². The summed E-state index contributed by atoms with van der Waals surface area (Å²) >= 11 is 0. The first-order chi connectivity index (χ1) is 9.13. The molecule has 1 unspecified atom stereocenters. The van der Waals surface area contributed by atoms with Crippen LogP contribution in [0.4, 0.5) is 0 Å². The van der Waals surface area contributed by atoms with Gasteiger partial charge in [-0.3, -0.25) is 9.69 Å². The largest absolute Gasteiger partial charge is 0.465 e. The molecule has 0 heterocycles. The van der Waals surface area contributed by atoms with Gasteiger partial charge in [0.2, 0.25) is 0 Å². The van der Waals surface area contributed by atoms with E-state index >= 15 is 0 Å². The van der Waals surface area contributed by atoms with Gasteiger partial charge in [0, 0.05) is 19.7 Å². The second kappa shape index (κ2) is 12.1. The molecule has 0 rings (SSSR count). The number of aliphatic hydroxyl groups is 1. The monoisotopic (exact) mass is 273 g/mol. The van der Waals surface area contributed by atoms with Gasteiger partial charge in [-0.25, -0.2) is 0 Å². The van der Waals surface area contributed by atoms with Gasteiger partial charge in [-0.1, -0.05) is 19.4 Å². The minimum atomic E-state index is -0.605. The number of carbonyl (C=O) groups is 1.